The molecule has 0 fully saturated rings. The summed E-state index contributed by atoms with van der Waals surface area (Å²) in [6, 6.07) is 15.9. The molecule has 0 heterocycles. The van der Waals surface area contributed by atoms with Gasteiger partial charge in [-0.15, -0.1) is 11.8 Å². The highest BCUT2D eigenvalue weighted by molar-refractivity contribution is 7.99. The third kappa shape index (κ3) is 3.18. The zero-order valence-corrected chi connectivity index (χ0v) is 11.9. The highest BCUT2D eigenvalue weighted by Crippen LogP contribution is 2.32. The molecule has 2 aromatic carbocycles. The van der Waals surface area contributed by atoms with Crippen molar-refractivity contribution in [2.45, 2.75) is 11.8 Å². The van der Waals surface area contributed by atoms with Gasteiger partial charge in [-0.05, 0) is 29.0 Å². The van der Waals surface area contributed by atoms with E-state index >= 15 is 0 Å². The van der Waals surface area contributed by atoms with E-state index in [0.29, 0.717) is 5.56 Å². The normalized spacial score (nSPS) is 10.2. The van der Waals surface area contributed by atoms with E-state index in [4.69, 9.17) is 4.74 Å². The summed E-state index contributed by atoms with van der Waals surface area (Å²) in [4.78, 5) is 12.7. The SMILES string of the molecule is CCSc1cc(C(=O)OC)ccc1-c1ccccc1. The summed E-state index contributed by atoms with van der Waals surface area (Å²) in [5, 5.41) is 0. The molecule has 2 nitrogen and oxygen atoms in total. The van der Waals surface area contributed by atoms with Crippen molar-refractivity contribution in [1.29, 1.82) is 0 Å². The number of hydrogen-bond acceptors (Lipinski definition) is 3. The molecule has 3 heteroatoms. The van der Waals surface area contributed by atoms with E-state index in [1.54, 1.807) is 11.8 Å². The standard InChI is InChI=1S/C16H16O2S/c1-3-19-15-11-13(16(17)18-2)9-10-14(15)12-7-5-4-6-8-12/h4-11H,3H2,1-2H3. The van der Waals surface area contributed by atoms with Gasteiger partial charge in [-0.25, -0.2) is 4.79 Å². The summed E-state index contributed by atoms with van der Waals surface area (Å²) in [5.74, 6) is 0.669. The highest BCUT2D eigenvalue weighted by Gasteiger charge is 2.11. The van der Waals surface area contributed by atoms with Crippen LogP contribution in [0.4, 0.5) is 0 Å². The van der Waals surface area contributed by atoms with Crippen molar-refractivity contribution in [2.24, 2.45) is 0 Å². The summed E-state index contributed by atoms with van der Waals surface area (Å²) in [6.45, 7) is 2.10. The summed E-state index contributed by atoms with van der Waals surface area (Å²) in [7, 11) is 1.40. The molecule has 0 spiro atoms. The Morgan fingerprint density at radius 3 is 2.53 bits per heavy atom. The second kappa shape index (κ2) is 6.43. The molecule has 0 aromatic heterocycles. The van der Waals surface area contributed by atoms with Crippen molar-refractivity contribution in [2.75, 3.05) is 12.9 Å². The molecule has 0 saturated heterocycles. The number of benzene rings is 2. The Hall–Kier alpha value is -1.74. The van der Waals surface area contributed by atoms with Gasteiger partial charge in [0.2, 0.25) is 0 Å². The van der Waals surface area contributed by atoms with Crippen molar-refractivity contribution in [3.05, 3.63) is 54.1 Å². The number of hydrogen-bond donors (Lipinski definition) is 0. The Labute approximate surface area is 117 Å². The van der Waals surface area contributed by atoms with E-state index in [-0.39, 0.29) is 5.97 Å². The molecule has 0 radical (unpaired) electrons. The van der Waals surface area contributed by atoms with Crippen molar-refractivity contribution in [3.63, 3.8) is 0 Å². The van der Waals surface area contributed by atoms with E-state index in [1.807, 2.05) is 36.4 Å². The predicted molar refractivity (Wildman–Crippen MR) is 79.6 cm³/mol. The molecule has 0 saturated carbocycles. The van der Waals surface area contributed by atoms with Crippen molar-refractivity contribution in [1.82, 2.24) is 0 Å². The molecule has 0 aliphatic heterocycles. The van der Waals surface area contributed by atoms with Crippen LogP contribution < -0.4 is 0 Å². The van der Waals surface area contributed by atoms with Gasteiger partial charge in [-0.3, -0.25) is 0 Å². The van der Waals surface area contributed by atoms with Crippen LogP contribution in [0.1, 0.15) is 17.3 Å². The zero-order valence-electron chi connectivity index (χ0n) is 11.1. The van der Waals surface area contributed by atoms with E-state index < -0.39 is 0 Å². The lowest BCUT2D eigenvalue weighted by molar-refractivity contribution is 0.0600. The van der Waals surface area contributed by atoms with Gasteiger partial charge in [0, 0.05) is 4.90 Å². The smallest absolute Gasteiger partial charge is 0.337 e. The van der Waals surface area contributed by atoms with Crippen molar-refractivity contribution >= 4 is 17.7 Å². The maximum Gasteiger partial charge on any atom is 0.337 e. The molecule has 98 valence electrons. The molecule has 2 rings (SSSR count). The average molecular weight is 272 g/mol. The van der Waals surface area contributed by atoms with Gasteiger partial charge in [-0.2, -0.15) is 0 Å². The quantitative estimate of drug-likeness (QED) is 0.614. The number of thioether (sulfide) groups is 1. The average Bonchev–Trinajstić information content (AvgIpc) is 2.47. The zero-order chi connectivity index (χ0) is 13.7. The molecule has 0 bridgehead atoms. The molecule has 0 atom stereocenters. The molecule has 0 unspecified atom stereocenters. The van der Waals surface area contributed by atoms with Crippen LogP contribution in [0.5, 0.6) is 0 Å². The minimum atomic E-state index is -0.294. The third-order valence-corrected chi connectivity index (χ3v) is 3.72. The first-order valence-corrected chi connectivity index (χ1v) is 7.15. The minimum Gasteiger partial charge on any atom is -0.465 e. The Balaban J connectivity index is 2.47. The number of esters is 1. The highest BCUT2D eigenvalue weighted by atomic mass is 32.2. The molecule has 0 aliphatic rings. The number of carbonyl (C=O) groups is 1. The van der Waals surface area contributed by atoms with Crippen LogP contribution in [0.3, 0.4) is 0 Å². The maximum atomic E-state index is 11.6. The lowest BCUT2D eigenvalue weighted by Gasteiger charge is -2.10. The number of rotatable bonds is 4. The number of carbonyl (C=O) groups excluding carboxylic acids is 1. The Morgan fingerprint density at radius 2 is 1.89 bits per heavy atom. The maximum absolute atomic E-state index is 11.6. The second-order valence-corrected chi connectivity index (χ2v) is 5.31. The molecule has 2 aromatic rings. The van der Waals surface area contributed by atoms with Crippen LogP contribution in [0.2, 0.25) is 0 Å². The van der Waals surface area contributed by atoms with E-state index in [0.717, 1.165) is 21.8 Å². The topological polar surface area (TPSA) is 26.3 Å². The Bertz CT molecular complexity index is 564. The first kappa shape index (κ1) is 13.7. The van der Waals surface area contributed by atoms with Gasteiger partial charge < -0.3 is 4.74 Å². The van der Waals surface area contributed by atoms with Gasteiger partial charge in [0.1, 0.15) is 0 Å². The largest absolute Gasteiger partial charge is 0.465 e. The van der Waals surface area contributed by atoms with Crippen molar-refractivity contribution < 1.29 is 9.53 Å². The van der Waals surface area contributed by atoms with Gasteiger partial charge in [0.25, 0.3) is 0 Å². The summed E-state index contributed by atoms with van der Waals surface area (Å²) < 4.78 is 4.77. The van der Waals surface area contributed by atoms with E-state index in [1.165, 1.54) is 7.11 Å². The van der Waals surface area contributed by atoms with Crippen LogP contribution in [0.15, 0.2) is 53.4 Å². The number of ether oxygens (including phenoxy) is 1. The molecule has 19 heavy (non-hydrogen) atoms. The van der Waals surface area contributed by atoms with Gasteiger partial charge >= 0.3 is 5.97 Å². The molecule has 0 aliphatic carbocycles. The van der Waals surface area contributed by atoms with E-state index in [2.05, 4.69) is 19.1 Å². The number of methoxy groups -OCH3 is 1. The van der Waals surface area contributed by atoms with Crippen LogP contribution >= 0.6 is 11.8 Å². The molecule has 0 amide bonds. The van der Waals surface area contributed by atoms with Crippen LogP contribution in [0.25, 0.3) is 11.1 Å². The first-order chi connectivity index (χ1) is 9.26. The van der Waals surface area contributed by atoms with Crippen molar-refractivity contribution in [3.8, 4) is 11.1 Å². The van der Waals surface area contributed by atoms with Gasteiger partial charge in [0.05, 0.1) is 12.7 Å². The lowest BCUT2D eigenvalue weighted by atomic mass is 10.0. The van der Waals surface area contributed by atoms with Gasteiger partial charge in [-0.1, -0.05) is 43.3 Å². The van der Waals surface area contributed by atoms with E-state index in [9.17, 15) is 4.79 Å². The first-order valence-electron chi connectivity index (χ1n) is 6.17. The minimum absolute atomic E-state index is 0.294. The molecular formula is C16H16O2S. The monoisotopic (exact) mass is 272 g/mol. The summed E-state index contributed by atoms with van der Waals surface area (Å²) in [6.07, 6.45) is 0. The third-order valence-electron chi connectivity index (χ3n) is 2.79. The Morgan fingerprint density at radius 1 is 1.16 bits per heavy atom. The fourth-order valence-corrected chi connectivity index (χ4v) is 2.76. The fourth-order valence-electron chi connectivity index (χ4n) is 1.90. The molecular weight excluding hydrogens is 256 g/mol. The van der Waals surface area contributed by atoms with Gasteiger partial charge in [0.15, 0.2) is 0 Å². The lowest BCUT2D eigenvalue weighted by Crippen LogP contribution is -2.01. The Kier molecular flexibility index (Phi) is 4.63. The summed E-state index contributed by atoms with van der Waals surface area (Å²) in [5.41, 5.74) is 2.91. The summed E-state index contributed by atoms with van der Waals surface area (Å²) >= 11 is 1.73. The fraction of sp³-hybridized carbons (Fsp3) is 0.188. The predicted octanol–water partition coefficient (Wildman–Crippen LogP) is 4.25. The van der Waals surface area contributed by atoms with Crippen LogP contribution in [-0.4, -0.2) is 18.8 Å². The molecule has 0 N–H and O–H groups in total. The van der Waals surface area contributed by atoms with Crippen LogP contribution in [0, 0.1) is 0 Å². The second-order valence-electron chi connectivity index (χ2n) is 4.00. The van der Waals surface area contributed by atoms with Crippen LogP contribution in [-0.2, 0) is 4.74 Å².